The third kappa shape index (κ3) is 28.4. The quantitative estimate of drug-likeness (QED) is 0.0189. The van der Waals surface area contributed by atoms with Crippen LogP contribution in [-0.4, -0.2) is 165 Å². The van der Waals surface area contributed by atoms with Crippen LogP contribution in [0.1, 0.15) is 129 Å². The van der Waals surface area contributed by atoms with Crippen molar-refractivity contribution in [2.24, 2.45) is 57.2 Å². The molecule has 4 unspecified atom stereocenters. The third-order valence-corrected chi connectivity index (χ3v) is 14.4. The fourth-order valence-electron chi connectivity index (χ4n) is 7.56. The molecule has 3 amide bonds. The first-order valence-corrected chi connectivity index (χ1v) is 26.9. The van der Waals surface area contributed by atoms with Gasteiger partial charge in [0, 0.05) is 43.5 Å². The average molecular weight is 1130 g/mol. The van der Waals surface area contributed by atoms with Gasteiger partial charge < -0.3 is 65.2 Å². The molecule has 0 saturated carbocycles. The highest BCUT2D eigenvalue weighted by Crippen LogP contribution is 2.44. The summed E-state index contributed by atoms with van der Waals surface area (Å²) < 4.78 is 25.8. The SMILES string of the molecule is C=C(C)C(=O)OCCO.C=CC(=O)CCCNC(=O)C=C.CC(C)C(C)(CC(CC(C)(C(=O)OCCO)C(C)C)C(=O)NCCNC(=O)C(CC(C)(C(=O)OCCO)C(C)C)CC(C)(C(=O)OCCO)C(C)C)C(=O)OCCO. The molecule has 22 nitrogen and oxygen atoms in total. The minimum absolute atomic E-state index is 0.00264. The van der Waals surface area contributed by atoms with Crippen molar-refractivity contribution in [2.45, 2.75) is 129 Å². The van der Waals surface area contributed by atoms with Crippen molar-refractivity contribution in [3.05, 3.63) is 37.5 Å². The van der Waals surface area contributed by atoms with E-state index in [1.807, 2.05) is 55.4 Å². The molecule has 0 radical (unpaired) electrons. The molecule has 0 aromatic heterocycles. The summed E-state index contributed by atoms with van der Waals surface area (Å²) in [5, 5.41) is 53.7. The number of hydrogen-bond donors (Lipinski definition) is 8. The molecule has 0 aromatic rings. The molecule has 0 bridgehead atoms. The maximum absolute atomic E-state index is 14.1. The van der Waals surface area contributed by atoms with E-state index in [9.17, 15) is 63.6 Å². The zero-order valence-corrected chi connectivity index (χ0v) is 49.6. The number of aliphatic hydroxyl groups excluding tert-OH is 5. The van der Waals surface area contributed by atoms with Crippen LogP contribution in [0.5, 0.6) is 0 Å². The highest BCUT2D eigenvalue weighted by atomic mass is 16.6. The van der Waals surface area contributed by atoms with Gasteiger partial charge in [0.15, 0.2) is 5.78 Å². The molecule has 8 N–H and O–H groups in total. The Morgan fingerprint density at radius 2 is 0.734 bits per heavy atom. The Bertz CT molecular complexity index is 1740. The summed E-state index contributed by atoms with van der Waals surface area (Å²) >= 11 is 0. The molecule has 22 heteroatoms. The van der Waals surface area contributed by atoms with Gasteiger partial charge in [-0.15, -0.1) is 0 Å². The maximum atomic E-state index is 14.1. The predicted octanol–water partition coefficient (Wildman–Crippen LogP) is 3.72. The van der Waals surface area contributed by atoms with Gasteiger partial charge in [-0.05, 0) is 103 Å². The van der Waals surface area contributed by atoms with E-state index in [4.69, 9.17) is 24.1 Å². The number of rotatable bonds is 38. The van der Waals surface area contributed by atoms with E-state index < -0.39 is 75.2 Å². The van der Waals surface area contributed by atoms with Gasteiger partial charge >= 0.3 is 29.8 Å². The standard InChI is InChI=1S/C42H76N2O14.C9H13NO2.C6H10O3/c1-27(2)39(9,35(51)55-19-15-45)23-31(24-40(10,28(3)4)36(52)56-20-16-46)33(49)43-13-14-44-34(50)32(25-41(11,29(5)6)37(53)57-21-17-47)26-42(12,30(7)8)38(54)58-22-18-48;1-3-8(11)6-5-7-10-9(12)4-2;1-5(2)6(8)9-4-3-7/h27-32,45-48H,13-26H2,1-12H3,(H,43,49)(H,44,50);3-4H,1-2,5-7H2,(H,10,12);7H,1,3-4H2,2H3. The van der Waals surface area contributed by atoms with Gasteiger partial charge in [-0.3, -0.25) is 38.4 Å². The first-order chi connectivity index (χ1) is 36.8. The van der Waals surface area contributed by atoms with Crippen LogP contribution in [0.2, 0.25) is 0 Å². The molecular weight excluding hydrogens is 1030 g/mol. The van der Waals surface area contributed by atoms with Gasteiger partial charge in [0.25, 0.3) is 0 Å². The molecule has 4 atom stereocenters. The number of amides is 3. The van der Waals surface area contributed by atoms with Gasteiger partial charge in [-0.25, -0.2) is 4.79 Å². The van der Waals surface area contributed by atoms with E-state index in [2.05, 4.69) is 40.4 Å². The lowest BCUT2D eigenvalue weighted by Crippen LogP contribution is -2.47. The summed E-state index contributed by atoms with van der Waals surface area (Å²) in [6.07, 6.45) is 3.47. The van der Waals surface area contributed by atoms with Crippen molar-refractivity contribution in [3.8, 4) is 0 Å². The van der Waals surface area contributed by atoms with Crippen LogP contribution < -0.4 is 16.0 Å². The number of allylic oxidation sites excluding steroid dienone is 1. The normalized spacial score (nSPS) is 14.8. The zero-order chi connectivity index (χ0) is 61.7. The van der Waals surface area contributed by atoms with E-state index in [0.717, 1.165) is 0 Å². The van der Waals surface area contributed by atoms with Crippen LogP contribution in [0.4, 0.5) is 0 Å². The fourth-order valence-corrected chi connectivity index (χ4v) is 7.56. The number of carbonyl (C=O) groups is 9. The number of hydrogen-bond acceptors (Lipinski definition) is 19. The van der Waals surface area contributed by atoms with Crippen LogP contribution >= 0.6 is 0 Å². The molecule has 456 valence electrons. The highest BCUT2D eigenvalue weighted by Gasteiger charge is 2.49. The number of carbonyl (C=O) groups excluding carboxylic acids is 9. The van der Waals surface area contributed by atoms with Gasteiger partial charge in [0.2, 0.25) is 17.7 Å². The summed E-state index contributed by atoms with van der Waals surface area (Å²) in [7, 11) is 0. The van der Waals surface area contributed by atoms with Crippen molar-refractivity contribution >= 4 is 53.4 Å². The Kier molecular flexibility index (Phi) is 39.9. The number of esters is 5. The van der Waals surface area contributed by atoms with Crippen LogP contribution in [-0.2, 0) is 66.8 Å². The van der Waals surface area contributed by atoms with Gasteiger partial charge in [0.1, 0.15) is 33.0 Å². The van der Waals surface area contributed by atoms with E-state index in [-0.39, 0.29) is 140 Å². The number of nitrogens with one attached hydrogen (secondary N) is 3. The van der Waals surface area contributed by atoms with Gasteiger partial charge in [0.05, 0.1) is 54.7 Å². The maximum Gasteiger partial charge on any atom is 0.333 e. The second kappa shape index (κ2) is 40.6. The van der Waals surface area contributed by atoms with E-state index in [1.54, 1.807) is 34.6 Å². The topological polar surface area (TPSA) is 337 Å². The summed E-state index contributed by atoms with van der Waals surface area (Å²) in [6.45, 7) is 30.6. The second-order valence-electron chi connectivity index (χ2n) is 21.4. The lowest BCUT2D eigenvalue weighted by Gasteiger charge is -2.39. The van der Waals surface area contributed by atoms with E-state index >= 15 is 0 Å². The Labute approximate surface area is 469 Å². The van der Waals surface area contributed by atoms with Crippen LogP contribution in [0, 0.1) is 57.2 Å². The molecular formula is C57H99N3O19. The van der Waals surface area contributed by atoms with Crippen LogP contribution in [0.3, 0.4) is 0 Å². The average Bonchev–Trinajstić information content (AvgIpc) is 3.40. The Balaban J connectivity index is -0.00000227. The molecule has 0 aliphatic rings. The molecule has 0 spiro atoms. The summed E-state index contributed by atoms with van der Waals surface area (Å²) in [4.78, 5) is 113. The van der Waals surface area contributed by atoms with E-state index in [0.29, 0.717) is 25.0 Å². The van der Waals surface area contributed by atoms with Crippen LogP contribution in [0.25, 0.3) is 0 Å². The first-order valence-electron chi connectivity index (χ1n) is 26.9. The summed E-state index contributed by atoms with van der Waals surface area (Å²) in [6, 6.07) is 0. The second-order valence-corrected chi connectivity index (χ2v) is 21.4. The molecule has 0 aliphatic carbocycles. The Morgan fingerprint density at radius 1 is 0.456 bits per heavy atom. The van der Waals surface area contributed by atoms with Crippen molar-refractivity contribution < 1.29 is 92.4 Å². The minimum Gasteiger partial charge on any atom is -0.463 e. The summed E-state index contributed by atoms with van der Waals surface area (Å²) in [5.41, 5.74) is -4.45. The highest BCUT2D eigenvalue weighted by molar-refractivity contribution is 5.89. The van der Waals surface area contributed by atoms with Crippen molar-refractivity contribution in [2.75, 3.05) is 85.7 Å². The first kappa shape index (κ1) is 77.7. The largest absolute Gasteiger partial charge is 0.463 e. The number of ketones is 1. The monoisotopic (exact) mass is 1130 g/mol. The van der Waals surface area contributed by atoms with Gasteiger partial charge in [-0.1, -0.05) is 75.1 Å². The summed E-state index contributed by atoms with van der Waals surface area (Å²) in [5.74, 6) is -7.19. The molecule has 0 rings (SSSR count). The molecule has 0 fully saturated rings. The molecule has 0 saturated heterocycles. The lowest BCUT2D eigenvalue weighted by atomic mass is 9.66. The number of ether oxygens (including phenoxy) is 5. The molecule has 0 aliphatic heterocycles. The third-order valence-electron chi connectivity index (χ3n) is 14.4. The van der Waals surface area contributed by atoms with Gasteiger partial charge in [-0.2, -0.15) is 0 Å². The molecule has 0 heterocycles. The zero-order valence-electron chi connectivity index (χ0n) is 49.6. The Morgan fingerprint density at radius 3 is 0.962 bits per heavy atom. The molecule has 79 heavy (non-hydrogen) atoms. The van der Waals surface area contributed by atoms with Crippen molar-refractivity contribution in [3.63, 3.8) is 0 Å². The Hall–Kier alpha value is -5.55. The van der Waals surface area contributed by atoms with Crippen LogP contribution in [0.15, 0.2) is 37.5 Å². The van der Waals surface area contributed by atoms with Crippen molar-refractivity contribution in [1.29, 1.82) is 0 Å². The minimum atomic E-state index is -1.20. The lowest BCUT2D eigenvalue weighted by molar-refractivity contribution is -0.165. The molecule has 0 aromatic carbocycles. The predicted molar refractivity (Wildman–Crippen MR) is 296 cm³/mol. The smallest absolute Gasteiger partial charge is 0.333 e. The number of aliphatic hydroxyl groups is 5. The van der Waals surface area contributed by atoms with Crippen molar-refractivity contribution in [1.82, 2.24) is 16.0 Å². The van der Waals surface area contributed by atoms with E-state index in [1.165, 1.54) is 12.2 Å². The fraction of sp³-hybridized carbons (Fsp3) is 0.737.